The third-order valence-electron chi connectivity index (χ3n) is 5.06. The third kappa shape index (κ3) is 5.89. The summed E-state index contributed by atoms with van der Waals surface area (Å²) in [6.07, 6.45) is 0. The van der Waals surface area contributed by atoms with Crippen molar-refractivity contribution in [3.8, 4) is 11.4 Å². The lowest BCUT2D eigenvalue weighted by Gasteiger charge is -2.13. The quantitative estimate of drug-likeness (QED) is 0.296. The third-order valence-corrected chi connectivity index (χ3v) is 6.24. The van der Waals surface area contributed by atoms with Crippen molar-refractivity contribution in [2.75, 3.05) is 23.5 Å². The fraction of sp³-hybridized carbons (Fsp3) is 0.160. The number of amides is 1. The normalized spacial score (nSPS) is 10.7. The van der Waals surface area contributed by atoms with Gasteiger partial charge in [-0.1, -0.05) is 41.6 Å². The number of carbonyl (C=O) groups excluding carboxylic acids is 1. The predicted molar refractivity (Wildman–Crippen MR) is 137 cm³/mol. The van der Waals surface area contributed by atoms with E-state index in [1.54, 1.807) is 31.4 Å². The van der Waals surface area contributed by atoms with E-state index in [9.17, 15) is 4.79 Å². The molecule has 1 aromatic heterocycles. The number of hydrogen-bond acceptors (Lipinski definition) is 6. The smallest absolute Gasteiger partial charge is 0.234 e. The van der Waals surface area contributed by atoms with E-state index >= 15 is 0 Å². The highest BCUT2D eigenvalue weighted by molar-refractivity contribution is 7.99. The Kier molecular flexibility index (Phi) is 7.72. The number of halogens is 1. The van der Waals surface area contributed by atoms with Crippen LogP contribution < -0.4 is 15.4 Å². The van der Waals surface area contributed by atoms with Crippen molar-refractivity contribution in [3.05, 3.63) is 89.2 Å². The summed E-state index contributed by atoms with van der Waals surface area (Å²) in [6.45, 7) is 2.50. The summed E-state index contributed by atoms with van der Waals surface area (Å²) in [6, 6.07) is 22.7. The first kappa shape index (κ1) is 23.7. The van der Waals surface area contributed by atoms with Gasteiger partial charge in [0.15, 0.2) is 11.0 Å². The average Bonchev–Trinajstić information content (AvgIpc) is 3.25. The molecule has 0 spiro atoms. The molecule has 0 aliphatic carbocycles. The van der Waals surface area contributed by atoms with Crippen molar-refractivity contribution < 1.29 is 9.53 Å². The Morgan fingerprint density at radius 3 is 2.41 bits per heavy atom. The van der Waals surface area contributed by atoms with E-state index in [4.69, 9.17) is 16.3 Å². The van der Waals surface area contributed by atoms with Crippen LogP contribution in [0.3, 0.4) is 0 Å². The van der Waals surface area contributed by atoms with Gasteiger partial charge in [-0.05, 0) is 67.1 Å². The van der Waals surface area contributed by atoms with Crippen molar-refractivity contribution in [2.24, 2.45) is 0 Å². The molecule has 0 atom stereocenters. The number of para-hydroxylation sites is 1. The van der Waals surface area contributed by atoms with Gasteiger partial charge in [0, 0.05) is 16.4 Å². The van der Waals surface area contributed by atoms with Crippen LogP contribution in [0.25, 0.3) is 5.69 Å². The van der Waals surface area contributed by atoms with Crippen LogP contribution in [0.2, 0.25) is 5.02 Å². The van der Waals surface area contributed by atoms with E-state index in [0.717, 1.165) is 28.5 Å². The number of anilines is 2. The van der Waals surface area contributed by atoms with E-state index in [0.29, 0.717) is 22.4 Å². The number of aromatic nitrogens is 3. The van der Waals surface area contributed by atoms with Gasteiger partial charge >= 0.3 is 0 Å². The summed E-state index contributed by atoms with van der Waals surface area (Å²) >= 11 is 7.32. The standard InChI is InChI=1S/C25H24ClN5O2S/c1-17-5-3-4-6-22(17)31-23(15-27-19-9-7-18(26)8-10-19)29-30-25(31)34-16-24(32)28-20-11-13-21(33-2)14-12-20/h3-14,27H,15-16H2,1-2H3,(H,28,32). The lowest BCUT2D eigenvalue weighted by molar-refractivity contribution is -0.113. The first-order valence-corrected chi connectivity index (χ1v) is 12.0. The molecule has 0 saturated heterocycles. The number of carbonyl (C=O) groups is 1. The van der Waals surface area contributed by atoms with E-state index in [-0.39, 0.29) is 11.7 Å². The number of hydrogen-bond donors (Lipinski definition) is 2. The van der Waals surface area contributed by atoms with E-state index < -0.39 is 0 Å². The molecular formula is C25H24ClN5O2S. The van der Waals surface area contributed by atoms with Crippen LogP contribution in [0.1, 0.15) is 11.4 Å². The molecule has 7 nitrogen and oxygen atoms in total. The minimum absolute atomic E-state index is 0.129. The largest absolute Gasteiger partial charge is 0.497 e. The lowest BCUT2D eigenvalue weighted by Crippen LogP contribution is -2.15. The van der Waals surface area contributed by atoms with Crippen LogP contribution in [0.15, 0.2) is 78.0 Å². The zero-order valence-electron chi connectivity index (χ0n) is 18.8. The summed E-state index contributed by atoms with van der Waals surface area (Å²) in [5, 5.41) is 16.4. The van der Waals surface area contributed by atoms with Gasteiger partial charge in [-0.3, -0.25) is 9.36 Å². The molecule has 0 saturated carbocycles. The van der Waals surface area contributed by atoms with Crippen molar-refractivity contribution in [1.29, 1.82) is 0 Å². The number of nitrogens with zero attached hydrogens (tertiary/aromatic N) is 3. The Morgan fingerprint density at radius 1 is 1.00 bits per heavy atom. The predicted octanol–water partition coefficient (Wildman–Crippen LogP) is 5.58. The van der Waals surface area contributed by atoms with Crippen LogP contribution in [-0.2, 0) is 11.3 Å². The molecule has 2 N–H and O–H groups in total. The summed E-state index contributed by atoms with van der Waals surface area (Å²) in [4.78, 5) is 12.6. The van der Waals surface area contributed by atoms with Crippen molar-refractivity contribution >= 4 is 40.6 Å². The van der Waals surface area contributed by atoms with Crippen molar-refractivity contribution in [1.82, 2.24) is 14.8 Å². The first-order chi connectivity index (χ1) is 16.5. The van der Waals surface area contributed by atoms with Crippen LogP contribution in [0.4, 0.5) is 11.4 Å². The van der Waals surface area contributed by atoms with Gasteiger partial charge < -0.3 is 15.4 Å². The Hall–Kier alpha value is -3.49. The minimum atomic E-state index is -0.129. The molecule has 0 radical (unpaired) electrons. The number of benzene rings is 3. The van der Waals surface area contributed by atoms with Crippen LogP contribution in [0, 0.1) is 6.92 Å². The van der Waals surface area contributed by atoms with E-state index in [2.05, 4.69) is 20.8 Å². The fourth-order valence-corrected chi connectivity index (χ4v) is 4.20. The summed E-state index contributed by atoms with van der Waals surface area (Å²) < 4.78 is 7.14. The maximum atomic E-state index is 12.6. The molecule has 3 aromatic carbocycles. The fourth-order valence-electron chi connectivity index (χ4n) is 3.31. The second kappa shape index (κ2) is 11.1. The van der Waals surface area contributed by atoms with Gasteiger partial charge in [0.25, 0.3) is 0 Å². The highest BCUT2D eigenvalue weighted by atomic mass is 35.5. The number of methoxy groups -OCH3 is 1. The zero-order chi connectivity index (χ0) is 23.9. The lowest BCUT2D eigenvalue weighted by atomic mass is 10.2. The van der Waals surface area contributed by atoms with Crippen LogP contribution in [0.5, 0.6) is 5.75 Å². The second-order valence-corrected chi connectivity index (χ2v) is 8.83. The molecule has 34 heavy (non-hydrogen) atoms. The Bertz CT molecular complexity index is 1260. The highest BCUT2D eigenvalue weighted by Crippen LogP contribution is 2.25. The number of ether oxygens (including phenoxy) is 1. The molecule has 0 fully saturated rings. The van der Waals surface area contributed by atoms with Gasteiger partial charge in [-0.2, -0.15) is 0 Å². The molecular weight excluding hydrogens is 470 g/mol. The monoisotopic (exact) mass is 493 g/mol. The molecule has 0 bridgehead atoms. The van der Waals surface area contributed by atoms with Gasteiger partial charge in [0.2, 0.25) is 5.91 Å². The van der Waals surface area contributed by atoms with Gasteiger partial charge in [0.05, 0.1) is 25.1 Å². The molecule has 1 heterocycles. The highest BCUT2D eigenvalue weighted by Gasteiger charge is 2.17. The summed E-state index contributed by atoms with van der Waals surface area (Å²) in [5.41, 5.74) is 3.69. The molecule has 9 heteroatoms. The van der Waals surface area contributed by atoms with Crippen molar-refractivity contribution in [3.63, 3.8) is 0 Å². The first-order valence-electron chi connectivity index (χ1n) is 10.6. The topological polar surface area (TPSA) is 81.1 Å². The average molecular weight is 494 g/mol. The minimum Gasteiger partial charge on any atom is -0.497 e. The summed E-state index contributed by atoms with van der Waals surface area (Å²) in [7, 11) is 1.61. The maximum absolute atomic E-state index is 12.6. The maximum Gasteiger partial charge on any atom is 0.234 e. The number of nitrogens with one attached hydrogen (secondary N) is 2. The molecule has 0 aliphatic heterocycles. The van der Waals surface area contributed by atoms with Crippen LogP contribution in [-0.4, -0.2) is 33.5 Å². The molecule has 4 aromatic rings. The molecule has 0 aliphatic rings. The van der Waals surface area contributed by atoms with Crippen molar-refractivity contribution in [2.45, 2.75) is 18.6 Å². The molecule has 174 valence electrons. The Labute approximate surface area is 207 Å². The van der Waals surface area contributed by atoms with Crippen LogP contribution >= 0.6 is 23.4 Å². The Morgan fingerprint density at radius 2 is 1.71 bits per heavy atom. The van der Waals surface area contributed by atoms with Gasteiger partial charge in [0.1, 0.15) is 5.75 Å². The van der Waals surface area contributed by atoms with E-state index in [1.807, 2.05) is 60.0 Å². The van der Waals surface area contributed by atoms with Gasteiger partial charge in [-0.15, -0.1) is 10.2 Å². The van der Waals surface area contributed by atoms with E-state index in [1.165, 1.54) is 11.8 Å². The number of aryl methyl sites for hydroxylation is 1. The summed E-state index contributed by atoms with van der Waals surface area (Å²) in [5.74, 6) is 1.54. The SMILES string of the molecule is COc1ccc(NC(=O)CSc2nnc(CNc3ccc(Cl)cc3)n2-c2ccccc2C)cc1. The second-order valence-electron chi connectivity index (χ2n) is 7.45. The number of rotatable bonds is 9. The number of thioether (sulfide) groups is 1. The van der Waals surface area contributed by atoms with Gasteiger partial charge in [-0.25, -0.2) is 0 Å². The molecule has 4 rings (SSSR count). The molecule has 0 unspecified atom stereocenters. The zero-order valence-corrected chi connectivity index (χ0v) is 20.4. The molecule has 1 amide bonds. The Balaban J connectivity index is 1.50.